The third-order valence-electron chi connectivity index (χ3n) is 4.58. The molecule has 0 aliphatic heterocycles. The fourth-order valence-electron chi connectivity index (χ4n) is 2.99. The third-order valence-corrected chi connectivity index (χ3v) is 5.38. The zero-order chi connectivity index (χ0) is 23.6. The van der Waals surface area contributed by atoms with Crippen LogP contribution in [0.3, 0.4) is 0 Å². The molecule has 3 rings (SSSR count). The predicted octanol–water partition coefficient (Wildman–Crippen LogP) is 5.05. The van der Waals surface area contributed by atoms with Crippen molar-refractivity contribution >= 4 is 34.7 Å². The molecule has 8 heteroatoms. The molecule has 0 bridgehead atoms. The molecule has 0 aliphatic carbocycles. The molecule has 0 spiro atoms. The number of benzene rings is 3. The highest BCUT2D eigenvalue weighted by Gasteiger charge is 2.12. The average molecular weight is 560 g/mol. The highest BCUT2D eigenvalue weighted by Crippen LogP contribution is 2.33. The van der Waals surface area contributed by atoms with Crippen LogP contribution in [0.1, 0.15) is 28.4 Å². The number of halogens is 1. The van der Waals surface area contributed by atoms with Gasteiger partial charge in [0.2, 0.25) is 0 Å². The van der Waals surface area contributed by atoms with Crippen molar-refractivity contribution < 1.29 is 23.7 Å². The largest absolute Gasteiger partial charge is 0.493 e. The molecule has 0 aliphatic rings. The molecule has 0 radical (unpaired) electrons. The van der Waals surface area contributed by atoms with E-state index in [1.807, 2.05) is 43.3 Å². The van der Waals surface area contributed by atoms with Crippen molar-refractivity contribution in [3.8, 4) is 23.0 Å². The number of carbonyl (C=O) groups is 1. The van der Waals surface area contributed by atoms with Crippen LogP contribution in [0.2, 0.25) is 0 Å². The van der Waals surface area contributed by atoms with Crippen molar-refractivity contribution in [2.75, 3.05) is 20.8 Å². The van der Waals surface area contributed by atoms with Gasteiger partial charge < -0.3 is 18.9 Å². The van der Waals surface area contributed by atoms with Gasteiger partial charge >= 0.3 is 0 Å². The molecule has 0 heterocycles. The Morgan fingerprint density at radius 3 is 2.42 bits per heavy atom. The number of ether oxygens (including phenoxy) is 4. The van der Waals surface area contributed by atoms with Gasteiger partial charge in [0.1, 0.15) is 6.61 Å². The normalized spacial score (nSPS) is 10.7. The van der Waals surface area contributed by atoms with Gasteiger partial charge in [-0.2, -0.15) is 5.10 Å². The summed E-state index contributed by atoms with van der Waals surface area (Å²) in [5.41, 5.74) is 4.73. The highest BCUT2D eigenvalue weighted by molar-refractivity contribution is 14.1. The topological polar surface area (TPSA) is 78.4 Å². The predicted molar refractivity (Wildman–Crippen MR) is 136 cm³/mol. The molecule has 7 nitrogen and oxygen atoms in total. The average Bonchev–Trinajstić information content (AvgIpc) is 2.84. The lowest BCUT2D eigenvalue weighted by atomic mass is 10.2. The van der Waals surface area contributed by atoms with Gasteiger partial charge in [0, 0.05) is 5.56 Å². The Kier molecular flexibility index (Phi) is 8.94. The quantitative estimate of drug-likeness (QED) is 0.213. The molecule has 3 aromatic carbocycles. The number of methoxy groups -OCH3 is 2. The maximum Gasteiger partial charge on any atom is 0.271 e. The van der Waals surface area contributed by atoms with Crippen molar-refractivity contribution in [1.82, 2.24) is 5.43 Å². The summed E-state index contributed by atoms with van der Waals surface area (Å²) in [6, 6.07) is 18.5. The molecule has 0 saturated heterocycles. The minimum Gasteiger partial charge on any atom is -0.493 e. The van der Waals surface area contributed by atoms with Crippen molar-refractivity contribution in [3.63, 3.8) is 0 Å². The Hall–Kier alpha value is -3.27. The first-order chi connectivity index (χ1) is 16.0. The van der Waals surface area contributed by atoms with Crippen LogP contribution < -0.4 is 24.4 Å². The minimum atomic E-state index is -0.369. The molecule has 33 heavy (non-hydrogen) atoms. The number of hydrogen-bond donors (Lipinski definition) is 1. The van der Waals surface area contributed by atoms with E-state index in [9.17, 15) is 4.79 Å². The van der Waals surface area contributed by atoms with E-state index in [0.717, 1.165) is 14.7 Å². The molecular formula is C25H25IN2O5. The number of rotatable bonds is 10. The molecule has 1 N–H and O–H groups in total. The summed E-state index contributed by atoms with van der Waals surface area (Å²) in [5.74, 6) is 1.94. The van der Waals surface area contributed by atoms with E-state index in [2.05, 4.69) is 33.1 Å². The Morgan fingerprint density at radius 2 is 1.73 bits per heavy atom. The second-order valence-electron chi connectivity index (χ2n) is 6.81. The van der Waals surface area contributed by atoms with Crippen LogP contribution in [0.5, 0.6) is 23.0 Å². The molecule has 0 aromatic heterocycles. The van der Waals surface area contributed by atoms with E-state index >= 15 is 0 Å². The van der Waals surface area contributed by atoms with Crippen LogP contribution in [0.15, 0.2) is 65.8 Å². The molecule has 0 saturated carbocycles. The van der Waals surface area contributed by atoms with Gasteiger partial charge in [-0.15, -0.1) is 0 Å². The Balaban J connectivity index is 1.66. The van der Waals surface area contributed by atoms with E-state index in [4.69, 9.17) is 18.9 Å². The summed E-state index contributed by atoms with van der Waals surface area (Å²) in [6.07, 6.45) is 1.55. The van der Waals surface area contributed by atoms with E-state index in [1.54, 1.807) is 37.6 Å². The van der Waals surface area contributed by atoms with Crippen LogP contribution in [-0.2, 0) is 6.61 Å². The maximum absolute atomic E-state index is 12.6. The van der Waals surface area contributed by atoms with Crippen LogP contribution in [0.25, 0.3) is 0 Å². The second-order valence-corrected chi connectivity index (χ2v) is 7.97. The third kappa shape index (κ3) is 6.61. The summed E-state index contributed by atoms with van der Waals surface area (Å²) in [4.78, 5) is 12.6. The van der Waals surface area contributed by atoms with E-state index in [-0.39, 0.29) is 5.91 Å². The fraction of sp³-hybridized carbons (Fsp3) is 0.200. The number of nitrogens with zero attached hydrogens (tertiary/aromatic N) is 1. The van der Waals surface area contributed by atoms with E-state index < -0.39 is 0 Å². The number of carbonyl (C=O) groups excluding carboxylic acids is 1. The van der Waals surface area contributed by atoms with Crippen LogP contribution in [-0.4, -0.2) is 32.9 Å². The lowest BCUT2D eigenvalue weighted by Gasteiger charge is -2.12. The molecule has 3 aromatic rings. The lowest BCUT2D eigenvalue weighted by molar-refractivity contribution is 0.0954. The Morgan fingerprint density at radius 1 is 0.970 bits per heavy atom. The van der Waals surface area contributed by atoms with Crippen molar-refractivity contribution in [2.45, 2.75) is 13.5 Å². The SMILES string of the molecule is CCOc1c(I)cc(/C=N/NC(=O)c2ccc(OCc3ccccc3)c(OC)c2)cc1OC. The van der Waals surface area contributed by atoms with Gasteiger partial charge in [-0.1, -0.05) is 30.3 Å². The zero-order valence-electron chi connectivity index (χ0n) is 18.6. The molecule has 0 fully saturated rings. The summed E-state index contributed by atoms with van der Waals surface area (Å²) < 4.78 is 23.1. The first-order valence-corrected chi connectivity index (χ1v) is 11.3. The first-order valence-electron chi connectivity index (χ1n) is 10.2. The summed E-state index contributed by atoms with van der Waals surface area (Å²) in [7, 11) is 3.11. The van der Waals surface area contributed by atoms with Crippen molar-refractivity contribution in [2.24, 2.45) is 5.10 Å². The second kappa shape index (κ2) is 12.1. The maximum atomic E-state index is 12.6. The number of hydrazone groups is 1. The number of nitrogens with one attached hydrogen (secondary N) is 1. The van der Waals surface area contributed by atoms with Gasteiger partial charge in [0.05, 0.1) is 30.6 Å². The number of hydrogen-bond acceptors (Lipinski definition) is 6. The number of amides is 1. The Labute approximate surface area is 206 Å². The molecular weight excluding hydrogens is 535 g/mol. The van der Waals surface area contributed by atoms with Gasteiger partial charge in [0.15, 0.2) is 23.0 Å². The smallest absolute Gasteiger partial charge is 0.271 e. The van der Waals surface area contributed by atoms with Crippen molar-refractivity contribution in [1.29, 1.82) is 0 Å². The first kappa shape index (κ1) is 24.4. The Bertz CT molecular complexity index is 1120. The lowest BCUT2D eigenvalue weighted by Crippen LogP contribution is -2.17. The standard InChI is InChI=1S/C25H25IN2O5/c1-4-32-24-20(26)12-18(13-23(24)31-3)15-27-28-25(29)19-10-11-21(22(14-19)30-2)33-16-17-8-6-5-7-9-17/h5-15H,4,16H2,1-3H3,(H,28,29)/b27-15+. The zero-order valence-corrected chi connectivity index (χ0v) is 20.8. The molecule has 1 amide bonds. The summed E-state index contributed by atoms with van der Waals surface area (Å²) >= 11 is 2.17. The van der Waals surface area contributed by atoms with Crippen LogP contribution >= 0.6 is 22.6 Å². The molecule has 0 unspecified atom stereocenters. The van der Waals surface area contributed by atoms with Crippen LogP contribution in [0, 0.1) is 3.57 Å². The van der Waals surface area contributed by atoms with E-state index in [0.29, 0.717) is 41.8 Å². The van der Waals surface area contributed by atoms with Gasteiger partial charge in [-0.05, 0) is 71.0 Å². The minimum absolute atomic E-state index is 0.369. The molecule has 172 valence electrons. The summed E-state index contributed by atoms with van der Waals surface area (Å²) in [6.45, 7) is 2.85. The van der Waals surface area contributed by atoms with E-state index in [1.165, 1.54) is 7.11 Å². The van der Waals surface area contributed by atoms with Gasteiger partial charge in [-0.3, -0.25) is 4.79 Å². The highest BCUT2D eigenvalue weighted by atomic mass is 127. The van der Waals surface area contributed by atoms with Crippen molar-refractivity contribution in [3.05, 3.63) is 80.9 Å². The van der Waals surface area contributed by atoms with Gasteiger partial charge in [-0.25, -0.2) is 5.43 Å². The molecule has 0 atom stereocenters. The summed E-state index contributed by atoms with van der Waals surface area (Å²) in [5, 5.41) is 4.07. The fourth-order valence-corrected chi connectivity index (χ4v) is 3.77. The van der Waals surface area contributed by atoms with Gasteiger partial charge in [0.25, 0.3) is 5.91 Å². The monoisotopic (exact) mass is 560 g/mol. The van der Waals surface area contributed by atoms with Crippen LogP contribution in [0.4, 0.5) is 0 Å².